The zero-order valence-electron chi connectivity index (χ0n) is 11.9. The quantitative estimate of drug-likeness (QED) is 0.659. The number of ether oxygens (including phenoxy) is 1. The minimum absolute atomic E-state index is 0.0443. The minimum atomic E-state index is 0.0443. The van der Waals surface area contributed by atoms with Gasteiger partial charge < -0.3 is 15.8 Å². The molecule has 4 heteroatoms. The second kappa shape index (κ2) is 7.74. The summed E-state index contributed by atoms with van der Waals surface area (Å²) in [4.78, 5) is 11.5. The van der Waals surface area contributed by atoms with Crippen molar-refractivity contribution >= 4 is 5.91 Å². The maximum atomic E-state index is 11.5. The fourth-order valence-corrected chi connectivity index (χ4v) is 2.10. The van der Waals surface area contributed by atoms with E-state index in [4.69, 9.17) is 10.5 Å². The van der Waals surface area contributed by atoms with Crippen LogP contribution in [0.4, 0.5) is 0 Å². The van der Waals surface area contributed by atoms with Crippen LogP contribution in [0.1, 0.15) is 46.5 Å². The maximum absolute atomic E-state index is 11.5. The topological polar surface area (TPSA) is 64.3 Å². The highest BCUT2D eigenvalue weighted by molar-refractivity contribution is 5.75. The van der Waals surface area contributed by atoms with E-state index in [9.17, 15) is 4.79 Å². The number of carbonyl (C=O) groups is 1. The van der Waals surface area contributed by atoms with Gasteiger partial charge in [0.1, 0.15) is 0 Å². The summed E-state index contributed by atoms with van der Waals surface area (Å²) in [6, 6.07) is 0.134. The van der Waals surface area contributed by atoms with Crippen LogP contribution in [0.5, 0.6) is 0 Å². The van der Waals surface area contributed by atoms with E-state index in [0.717, 1.165) is 6.42 Å². The predicted molar refractivity (Wildman–Crippen MR) is 73.2 cm³/mol. The number of nitrogens with two attached hydrogens (primary N) is 1. The van der Waals surface area contributed by atoms with Crippen molar-refractivity contribution in [2.75, 3.05) is 13.2 Å². The summed E-state index contributed by atoms with van der Waals surface area (Å²) in [6.07, 6.45) is 4.12. The highest BCUT2D eigenvalue weighted by atomic mass is 16.5. The van der Waals surface area contributed by atoms with Crippen molar-refractivity contribution in [3.05, 3.63) is 0 Å². The van der Waals surface area contributed by atoms with E-state index in [0.29, 0.717) is 31.4 Å². The van der Waals surface area contributed by atoms with E-state index in [1.165, 1.54) is 12.8 Å². The number of hydrogen-bond donors (Lipinski definition) is 2. The van der Waals surface area contributed by atoms with Crippen molar-refractivity contribution < 1.29 is 9.53 Å². The molecule has 2 unspecified atom stereocenters. The highest BCUT2D eigenvalue weighted by Gasteiger charge is 2.28. The first-order chi connectivity index (χ1) is 8.49. The van der Waals surface area contributed by atoms with E-state index in [-0.39, 0.29) is 18.1 Å². The lowest BCUT2D eigenvalue weighted by molar-refractivity contribution is -0.122. The largest absolute Gasteiger partial charge is 0.378 e. The smallest absolute Gasteiger partial charge is 0.222 e. The van der Waals surface area contributed by atoms with Gasteiger partial charge in [-0.15, -0.1) is 0 Å². The molecular weight excluding hydrogens is 228 g/mol. The molecule has 0 radical (unpaired) electrons. The number of hydrogen-bond acceptors (Lipinski definition) is 3. The molecular formula is C14H28N2O2. The molecule has 0 aromatic heterocycles. The van der Waals surface area contributed by atoms with Crippen LogP contribution in [-0.4, -0.2) is 31.2 Å². The Bertz CT molecular complexity index is 252. The van der Waals surface area contributed by atoms with E-state index in [1.54, 1.807) is 0 Å². The van der Waals surface area contributed by atoms with Crippen molar-refractivity contribution in [1.29, 1.82) is 0 Å². The molecule has 1 aliphatic rings. The predicted octanol–water partition coefficient (Wildman–Crippen LogP) is 1.68. The number of rotatable bonds is 9. The van der Waals surface area contributed by atoms with Gasteiger partial charge in [-0.2, -0.15) is 0 Å². The van der Waals surface area contributed by atoms with Crippen molar-refractivity contribution in [2.45, 2.75) is 58.6 Å². The van der Waals surface area contributed by atoms with Crippen LogP contribution in [0.3, 0.4) is 0 Å². The normalized spacial score (nSPS) is 18.7. The summed E-state index contributed by atoms with van der Waals surface area (Å²) in [5.74, 6) is 1.31. The summed E-state index contributed by atoms with van der Waals surface area (Å²) in [6.45, 7) is 7.50. The molecule has 1 saturated carbocycles. The van der Waals surface area contributed by atoms with Crippen LogP contribution < -0.4 is 11.1 Å². The number of carbonyl (C=O) groups excluding carboxylic acids is 1. The Morgan fingerprint density at radius 3 is 2.61 bits per heavy atom. The molecule has 0 aliphatic heterocycles. The number of nitrogens with one attached hydrogen (secondary N) is 1. The zero-order chi connectivity index (χ0) is 13.5. The monoisotopic (exact) mass is 256 g/mol. The Morgan fingerprint density at radius 2 is 2.06 bits per heavy atom. The van der Waals surface area contributed by atoms with Gasteiger partial charge in [0.15, 0.2) is 0 Å². The molecule has 0 heterocycles. The molecule has 0 bridgehead atoms. The molecule has 4 nitrogen and oxygen atoms in total. The van der Waals surface area contributed by atoms with Crippen LogP contribution in [-0.2, 0) is 9.53 Å². The zero-order valence-corrected chi connectivity index (χ0v) is 11.9. The Kier molecular flexibility index (Phi) is 6.65. The Hall–Kier alpha value is -0.610. The van der Waals surface area contributed by atoms with Gasteiger partial charge in [-0.3, -0.25) is 4.79 Å². The Balaban J connectivity index is 1.98. The molecule has 18 heavy (non-hydrogen) atoms. The first-order valence-corrected chi connectivity index (χ1v) is 7.13. The van der Waals surface area contributed by atoms with Gasteiger partial charge >= 0.3 is 0 Å². The first-order valence-electron chi connectivity index (χ1n) is 7.13. The van der Waals surface area contributed by atoms with Gasteiger partial charge in [-0.25, -0.2) is 0 Å². The van der Waals surface area contributed by atoms with Crippen LogP contribution in [0.2, 0.25) is 0 Å². The summed E-state index contributed by atoms with van der Waals surface area (Å²) < 4.78 is 5.60. The van der Waals surface area contributed by atoms with Gasteiger partial charge in [0.2, 0.25) is 5.91 Å². The standard InChI is InChI=1S/C14H28N2O2/c1-10(2)8-11(3)18-7-6-14(17)16-9-13(15)12-4-5-12/h10-13H,4-9,15H2,1-3H3,(H,16,17). The lowest BCUT2D eigenvalue weighted by Crippen LogP contribution is -2.38. The summed E-state index contributed by atoms with van der Waals surface area (Å²) in [7, 11) is 0. The highest BCUT2D eigenvalue weighted by Crippen LogP contribution is 2.31. The van der Waals surface area contributed by atoms with Crippen LogP contribution in [0.15, 0.2) is 0 Å². The lowest BCUT2D eigenvalue weighted by Gasteiger charge is -2.15. The first kappa shape index (κ1) is 15.4. The van der Waals surface area contributed by atoms with Gasteiger partial charge in [-0.1, -0.05) is 13.8 Å². The van der Waals surface area contributed by atoms with Crippen molar-refractivity contribution in [3.8, 4) is 0 Å². The van der Waals surface area contributed by atoms with Gasteiger partial charge in [-0.05, 0) is 38.0 Å². The third-order valence-corrected chi connectivity index (χ3v) is 3.30. The second-order valence-electron chi connectivity index (χ2n) is 5.87. The molecule has 1 rings (SSSR count). The third kappa shape index (κ3) is 6.97. The molecule has 3 N–H and O–H groups in total. The molecule has 0 aromatic carbocycles. The fraction of sp³-hybridized carbons (Fsp3) is 0.929. The lowest BCUT2D eigenvalue weighted by atomic mass is 10.1. The molecule has 0 spiro atoms. The van der Waals surface area contributed by atoms with E-state index < -0.39 is 0 Å². The minimum Gasteiger partial charge on any atom is -0.378 e. The maximum Gasteiger partial charge on any atom is 0.222 e. The fourth-order valence-electron chi connectivity index (χ4n) is 2.10. The van der Waals surface area contributed by atoms with E-state index >= 15 is 0 Å². The summed E-state index contributed by atoms with van der Waals surface area (Å²) in [5.41, 5.74) is 5.91. The average molecular weight is 256 g/mol. The summed E-state index contributed by atoms with van der Waals surface area (Å²) >= 11 is 0. The molecule has 1 amide bonds. The average Bonchev–Trinajstić information content (AvgIpc) is 3.08. The van der Waals surface area contributed by atoms with Gasteiger partial charge in [0.25, 0.3) is 0 Å². The van der Waals surface area contributed by atoms with Crippen molar-refractivity contribution in [2.24, 2.45) is 17.6 Å². The van der Waals surface area contributed by atoms with Gasteiger partial charge in [0.05, 0.1) is 12.7 Å². The molecule has 1 fully saturated rings. The van der Waals surface area contributed by atoms with Crippen LogP contribution in [0, 0.1) is 11.8 Å². The molecule has 106 valence electrons. The third-order valence-electron chi connectivity index (χ3n) is 3.30. The molecule has 1 aliphatic carbocycles. The molecule has 0 aromatic rings. The second-order valence-corrected chi connectivity index (χ2v) is 5.87. The van der Waals surface area contributed by atoms with E-state index in [1.807, 2.05) is 0 Å². The Labute approximate surface area is 111 Å². The van der Waals surface area contributed by atoms with Crippen molar-refractivity contribution in [1.82, 2.24) is 5.32 Å². The van der Waals surface area contributed by atoms with Crippen LogP contribution in [0.25, 0.3) is 0 Å². The van der Waals surface area contributed by atoms with E-state index in [2.05, 4.69) is 26.1 Å². The Morgan fingerprint density at radius 1 is 1.39 bits per heavy atom. The molecule has 2 atom stereocenters. The molecule has 0 saturated heterocycles. The number of amides is 1. The summed E-state index contributed by atoms with van der Waals surface area (Å²) in [5, 5.41) is 2.87. The van der Waals surface area contributed by atoms with Crippen LogP contribution >= 0.6 is 0 Å². The SMILES string of the molecule is CC(C)CC(C)OCCC(=O)NCC(N)C1CC1. The van der Waals surface area contributed by atoms with Crippen molar-refractivity contribution in [3.63, 3.8) is 0 Å². The van der Waals surface area contributed by atoms with Gasteiger partial charge in [0, 0.05) is 19.0 Å².